The molecule has 1 heterocycles. The summed E-state index contributed by atoms with van der Waals surface area (Å²) in [5.41, 5.74) is 3.85. The average Bonchev–Trinajstić information content (AvgIpc) is 2.38. The summed E-state index contributed by atoms with van der Waals surface area (Å²) in [4.78, 5) is 19.4. The van der Waals surface area contributed by atoms with Crippen LogP contribution < -0.4 is 4.74 Å². The number of rotatable bonds is 4. The number of methoxy groups -OCH3 is 1. The fourth-order valence-electron chi connectivity index (χ4n) is 2.24. The molecule has 0 spiro atoms. The summed E-state index contributed by atoms with van der Waals surface area (Å²) in [7, 11) is 1.59. The van der Waals surface area contributed by atoms with Crippen LogP contribution in [0, 0.1) is 13.8 Å². The van der Waals surface area contributed by atoms with E-state index in [4.69, 9.17) is 9.84 Å². The van der Waals surface area contributed by atoms with Crippen molar-refractivity contribution in [2.24, 2.45) is 0 Å². The second kappa shape index (κ2) is 5.69. The largest absolute Gasteiger partial charge is 0.496 e. The first-order chi connectivity index (χ1) is 9.52. The number of hydrogen-bond acceptors (Lipinski definition) is 4. The van der Waals surface area contributed by atoms with E-state index in [2.05, 4.69) is 9.97 Å². The number of benzene rings is 1. The maximum absolute atomic E-state index is 10.9. The summed E-state index contributed by atoms with van der Waals surface area (Å²) in [5.74, 6) is -0.259. The van der Waals surface area contributed by atoms with Gasteiger partial charge in [0.05, 0.1) is 24.9 Å². The van der Waals surface area contributed by atoms with Gasteiger partial charge in [-0.25, -0.2) is 0 Å². The van der Waals surface area contributed by atoms with Crippen LogP contribution in [-0.2, 0) is 11.2 Å². The van der Waals surface area contributed by atoms with Crippen LogP contribution in [0.15, 0.2) is 24.5 Å². The molecule has 5 nitrogen and oxygen atoms in total. The number of carboxylic acids is 1. The van der Waals surface area contributed by atoms with Crippen molar-refractivity contribution < 1.29 is 14.6 Å². The van der Waals surface area contributed by atoms with Crippen molar-refractivity contribution in [1.82, 2.24) is 9.97 Å². The molecule has 2 aromatic rings. The molecule has 0 aliphatic heterocycles. The highest BCUT2D eigenvalue weighted by Crippen LogP contribution is 2.34. The monoisotopic (exact) mass is 272 g/mol. The van der Waals surface area contributed by atoms with Crippen molar-refractivity contribution in [3.8, 4) is 17.0 Å². The predicted molar refractivity (Wildman–Crippen MR) is 74.8 cm³/mol. The molecule has 1 N–H and O–H groups in total. The Bertz CT molecular complexity index is 654. The molecule has 0 amide bonds. The summed E-state index contributed by atoms with van der Waals surface area (Å²) in [6, 6.07) is 3.92. The summed E-state index contributed by atoms with van der Waals surface area (Å²) in [5, 5.41) is 8.98. The van der Waals surface area contributed by atoms with E-state index in [9.17, 15) is 4.79 Å². The van der Waals surface area contributed by atoms with Crippen molar-refractivity contribution in [3.63, 3.8) is 0 Å². The van der Waals surface area contributed by atoms with Crippen molar-refractivity contribution in [2.75, 3.05) is 7.11 Å². The van der Waals surface area contributed by atoms with Crippen LogP contribution in [0.25, 0.3) is 11.3 Å². The Morgan fingerprint density at radius 1 is 1.25 bits per heavy atom. The number of ether oxygens (including phenoxy) is 1. The quantitative estimate of drug-likeness (QED) is 0.925. The van der Waals surface area contributed by atoms with Crippen LogP contribution >= 0.6 is 0 Å². The van der Waals surface area contributed by atoms with E-state index >= 15 is 0 Å². The second-order valence-electron chi connectivity index (χ2n) is 4.58. The van der Waals surface area contributed by atoms with Gasteiger partial charge in [-0.05, 0) is 31.0 Å². The fourth-order valence-corrected chi connectivity index (χ4v) is 2.24. The van der Waals surface area contributed by atoms with Crippen LogP contribution in [0.3, 0.4) is 0 Å². The third-order valence-corrected chi connectivity index (χ3v) is 2.99. The van der Waals surface area contributed by atoms with Gasteiger partial charge in [-0.1, -0.05) is 6.07 Å². The summed E-state index contributed by atoms with van der Waals surface area (Å²) >= 11 is 0. The average molecular weight is 272 g/mol. The molecule has 0 saturated carbocycles. The van der Waals surface area contributed by atoms with Gasteiger partial charge in [0.15, 0.2) is 0 Å². The Labute approximate surface area is 117 Å². The third kappa shape index (κ3) is 2.77. The molecule has 0 bridgehead atoms. The van der Waals surface area contributed by atoms with Crippen molar-refractivity contribution >= 4 is 5.97 Å². The van der Waals surface area contributed by atoms with E-state index in [1.54, 1.807) is 13.3 Å². The van der Waals surface area contributed by atoms with E-state index in [0.29, 0.717) is 17.1 Å². The van der Waals surface area contributed by atoms with E-state index in [-0.39, 0.29) is 6.42 Å². The zero-order valence-electron chi connectivity index (χ0n) is 11.7. The number of aryl methyl sites for hydroxylation is 2. The third-order valence-electron chi connectivity index (χ3n) is 2.99. The Morgan fingerprint density at radius 2 is 1.95 bits per heavy atom. The molecule has 0 aliphatic carbocycles. The zero-order chi connectivity index (χ0) is 14.7. The van der Waals surface area contributed by atoms with Crippen molar-refractivity contribution in [2.45, 2.75) is 20.3 Å². The molecule has 0 saturated heterocycles. The zero-order valence-corrected chi connectivity index (χ0v) is 11.7. The molecule has 2 rings (SSSR count). The minimum absolute atomic E-state index is 0.167. The topological polar surface area (TPSA) is 72.3 Å². The van der Waals surface area contributed by atoms with Crippen LogP contribution in [0.5, 0.6) is 5.75 Å². The number of carbonyl (C=O) groups is 1. The molecular weight excluding hydrogens is 256 g/mol. The first kappa shape index (κ1) is 14.0. The van der Waals surface area contributed by atoms with Gasteiger partial charge in [-0.2, -0.15) is 0 Å². The summed E-state index contributed by atoms with van der Waals surface area (Å²) < 4.78 is 5.41. The van der Waals surface area contributed by atoms with E-state index < -0.39 is 5.97 Å². The summed E-state index contributed by atoms with van der Waals surface area (Å²) in [6.45, 7) is 3.93. The van der Waals surface area contributed by atoms with Crippen molar-refractivity contribution in [3.05, 3.63) is 41.3 Å². The molecule has 5 heteroatoms. The lowest BCUT2D eigenvalue weighted by atomic mass is 9.99. The fraction of sp³-hybridized carbons (Fsp3) is 0.267. The molecule has 20 heavy (non-hydrogen) atoms. The first-order valence-corrected chi connectivity index (χ1v) is 6.20. The second-order valence-corrected chi connectivity index (χ2v) is 4.58. The number of nitrogens with zero attached hydrogens (tertiary/aromatic N) is 2. The highest BCUT2D eigenvalue weighted by atomic mass is 16.5. The number of hydrogen-bond donors (Lipinski definition) is 1. The summed E-state index contributed by atoms with van der Waals surface area (Å²) in [6.07, 6.45) is 2.89. The molecule has 1 aromatic carbocycles. The molecule has 0 unspecified atom stereocenters. The van der Waals surface area contributed by atoms with Crippen LogP contribution in [0.4, 0.5) is 0 Å². The number of aliphatic carboxylic acids is 1. The van der Waals surface area contributed by atoms with Crippen LogP contribution in [-0.4, -0.2) is 28.2 Å². The van der Waals surface area contributed by atoms with E-state index in [1.165, 1.54) is 6.20 Å². The van der Waals surface area contributed by atoms with E-state index in [1.807, 2.05) is 26.0 Å². The number of carboxylic acid groups (broad SMARTS) is 1. The molecular formula is C15H16N2O3. The molecule has 0 atom stereocenters. The lowest BCUT2D eigenvalue weighted by Gasteiger charge is -2.14. The molecule has 0 radical (unpaired) electrons. The molecule has 0 aliphatic rings. The molecule has 1 aromatic heterocycles. The van der Waals surface area contributed by atoms with Crippen LogP contribution in [0.1, 0.15) is 16.8 Å². The van der Waals surface area contributed by atoms with Gasteiger partial charge in [0.25, 0.3) is 0 Å². The van der Waals surface area contributed by atoms with Gasteiger partial charge < -0.3 is 9.84 Å². The van der Waals surface area contributed by atoms with Gasteiger partial charge in [-0.3, -0.25) is 14.8 Å². The Balaban J connectivity index is 2.65. The highest BCUT2D eigenvalue weighted by molar-refractivity contribution is 5.77. The molecule has 0 fully saturated rings. The van der Waals surface area contributed by atoms with E-state index in [0.717, 1.165) is 16.7 Å². The van der Waals surface area contributed by atoms with Gasteiger partial charge in [0, 0.05) is 18.0 Å². The Hall–Kier alpha value is -2.43. The van der Waals surface area contributed by atoms with Gasteiger partial charge in [-0.15, -0.1) is 0 Å². The smallest absolute Gasteiger partial charge is 0.309 e. The van der Waals surface area contributed by atoms with Crippen molar-refractivity contribution in [1.29, 1.82) is 0 Å². The standard InChI is InChI=1S/C15H16N2O3/c1-9-6-10(2)14(12(7-9)20-3)15-11(8-13(18)19)16-4-5-17-15/h4-7H,8H2,1-3H3,(H,18,19). The Morgan fingerprint density at radius 3 is 2.60 bits per heavy atom. The minimum Gasteiger partial charge on any atom is -0.496 e. The highest BCUT2D eigenvalue weighted by Gasteiger charge is 2.17. The molecule has 104 valence electrons. The van der Waals surface area contributed by atoms with Crippen LogP contribution in [0.2, 0.25) is 0 Å². The lowest BCUT2D eigenvalue weighted by molar-refractivity contribution is -0.136. The van der Waals surface area contributed by atoms with Gasteiger partial charge >= 0.3 is 5.97 Å². The number of aromatic nitrogens is 2. The maximum Gasteiger partial charge on any atom is 0.309 e. The van der Waals surface area contributed by atoms with Gasteiger partial charge in [0.1, 0.15) is 5.75 Å². The van der Waals surface area contributed by atoms with Gasteiger partial charge in [0.2, 0.25) is 0 Å². The first-order valence-electron chi connectivity index (χ1n) is 6.20. The Kier molecular flexibility index (Phi) is 3.98. The predicted octanol–water partition coefficient (Wildman–Crippen LogP) is 2.40. The minimum atomic E-state index is -0.935. The SMILES string of the molecule is COc1cc(C)cc(C)c1-c1nccnc1CC(=O)O. The maximum atomic E-state index is 10.9. The lowest BCUT2D eigenvalue weighted by Crippen LogP contribution is -2.06. The normalized spacial score (nSPS) is 10.3.